The Morgan fingerprint density at radius 3 is 2.50 bits per heavy atom. The number of rotatable bonds is 10. The van der Waals surface area contributed by atoms with Gasteiger partial charge in [0.1, 0.15) is 5.75 Å². The molecule has 0 fully saturated rings. The van der Waals surface area contributed by atoms with E-state index in [0.29, 0.717) is 0 Å². The van der Waals surface area contributed by atoms with Crippen molar-refractivity contribution in [3.05, 3.63) is 29.3 Å². The fourth-order valence-electron chi connectivity index (χ4n) is 2.53. The Bertz CT molecular complexity index is 379. The standard InChI is InChI=1S/C17H30N2O/c1-4-5-6-7-8-9-10-16(19-18)15-12-11-14(2)17(13-15)20-3/h11-13,16,19H,4-10,18H2,1-3H3. The third-order valence-corrected chi connectivity index (χ3v) is 3.88. The molecule has 1 rings (SSSR count). The number of nitrogens with one attached hydrogen (secondary N) is 1. The summed E-state index contributed by atoms with van der Waals surface area (Å²) in [6.45, 7) is 4.31. The highest BCUT2D eigenvalue weighted by atomic mass is 16.5. The molecule has 0 heterocycles. The molecule has 1 unspecified atom stereocenters. The van der Waals surface area contributed by atoms with Crippen molar-refractivity contribution >= 4 is 0 Å². The van der Waals surface area contributed by atoms with E-state index in [1.165, 1.54) is 44.1 Å². The van der Waals surface area contributed by atoms with Crippen LogP contribution in [-0.4, -0.2) is 7.11 Å². The summed E-state index contributed by atoms with van der Waals surface area (Å²) in [5, 5.41) is 0. The number of ether oxygens (including phenoxy) is 1. The second kappa shape index (κ2) is 9.78. The molecule has 1 atom stereocenters. The van der Waals surface area contributed by atoms with Gasteiger partial charge in [-0.05, 0) is 30.5 Å². The smallest absolute Gasteiger partial charge is 0.122 e. The lowest BCUT2D eigenvalue weighted by Crippen LogP contribution is -2.28. The van der Waals surface area contributed by atoms with Crippen LogP contribution in [-0.2, 0) is 0 Å². The Hall–Kier alpha value is -1.06. The van der Waals surface area contributed by atoms with Gasteiger partial charge in [0.25, 0.3) is 0 Å². The highest BCUT2D eigenvalue weighted by Gasteiger charge is 2.11. The Morgan fingerprint density at radius 1 is 1.15 bits per heavy atom. The van der Waals surface area contributed by atoms with Crippen LogP contribution in [0.4, 0.5) is 0 Å². The fourth-order valence-corrected chi connectivity index (χ4v) is 2.53. The lowest BCUT2D eigenvalue weighted by Gasteiger charge is -2.18. The maximum atomic E-state index is 5.71. The molecule has 20 heavy (non-hydrogen) atoms. The fraction of sp³-hybridized carbons (Fsp3) is 0.647. The van der Waals surface area contributed by atoms with Crippen LogP contribution in [0.2, 0.25) is 0 Å². The molecule has 3 nitrogen and oxygen atoms in total. The van der Waals surface area contributed by atoms with Crippen molar-refractivity contribution in [1.29, 1.82) is 0 Å². The number of hydrogen-bond donors (Lipinski definition) is 2. The molecule has 0 radical (unpaired) electrons. The van der Waals surface area contributed by atoms with Crippen LogP contribution in [0.3, 0.4) is 0 Å². The average Bonchev–Trinajstić information content (AvgIpc) is 2.47. The van der Waals surface area contributed by atoms with Gasteiger partial charge in [-0.1, -0.05) is 57.6 Å². The molecule has 0 aliphatic rings. The van der Waals surface area contributed by atoms with E-state index in [1.54, 1.807) is 7.11 Å². The van der Waals surface area contributed by atoms with E-state index in [1.807, 2.05) is 0 Å². The van der Waals surface area contributed by atoms with Crippen molar-refractivity contribution in [2.75, 3.05) is 7.11 Å². The zero-order valence-corrected chi connectivity index (χ0v) is 13.2. The van der Waals surface area contributed by atoms with Crippen molar-refractivity contribution < 1.29 is 4.74 Å². The van der Waals surface area contributed by atoms with Crippen LogP contribution in [0.1, 0.15) is 69.0 Å². The lowest BCUT2D eigenvalue weighted by atomic mass is 9.99. The van der Waals surface area contributed by atoms with Crippen LogP contribution in [0.5, 0.6) is 5.75 Å². The van der Waals surface area contributed by atoms with Crippen molar-refractivity contribution in [2.24, 2.45) is 5.84 Å². The minimum Gasteiger partial charge on any atom is -0.496 e. The molecule has 114 valence electrons. The number of aryl methyl sites for hydroxylation is 1. The maximum Gasteiger partial charge on any atom is 0.122 e. The van der Waals surface area contributed by atoms with Crippen LogP contribution in [0.25, 0.3) is 0 Å². The molecule has 0 saturated carbocycles. The van der Waals surface area contributed by atoms with Gasteiger partial charge in [0.05, 0.1) is 7.11 Å². The van der Waals surface area contributed by atoms with Crippen LogP contribution in [0.15, 0.2) is 18.2 Å². The van der Waals surface area contributed by atoms with E-state index in [9.17, 15) is 0 Å². The SMILES string of the molecule is CCCCCCCCC(NN)c1ccc(C)c(OC)c1. The van der Waals surface area contributed by atoms with E-state index in [4.69, 9.17) is 10.6 Å². The summed E-state index contributed by atoms with van der Waals surface area (Å²) < 4.78 is 5.38. The summed E-state index contributed by atoms with van der Waals surface area (Å²) in [7, 11) is 1.71. The minimum atomic E-state index is 0.218. The molecular formula is C17H30N2O. The van der Waals surface area contributed by atoms with Gasteiger partial charge in [0.2, 0.25) is 0 Å². The number of nitrogens with two attached hydrogens (primary N) is 1. The first-order valence-electron chi connectivity index (χ1n) is 7.83. The number of methoxy groups -OCH3 is 1. The van der Waals surface area contributed by atoms with Gasteiger partial charge in [-0.25, -0.2) is 0 Å². The van der Waals surface area contributed by atoms with Crippen LogP contribution >= 0.6 is 0 Å². The predicted octanol–water partition coefficient (Wildman–Crippen LogP) is 4.26. The van der Waals surface area contributed by atoms with Gasteiger partial charge in [-0.3, -0.25) is 11.3 Å². The zero-order valence-electron chi connectivity index (χ0n) is 13.2. The normalized spacial score (nSPS) is 12.4. The van der Waals surface area contributed by atoms with E-state index in [-0.39, 0.29) is 6.04 Å². The molecule has 0 spiro atoms. The molecule has 3 N–H and O–H groups in total. The van der Waals surface area contributed by atoms with Crippen molar-refractivity contribution in [2.45, 2.75) is 64.8 Å². The second-order valence-corrected chi connectivity index (χ2v) is 5.50. The van der Waals surface area contributed by atoms with E-state index < -0.39 is 0 Å². The van der Waals surface area contributed by atoms with Crippen molar-refractivity contribution in [1.82, 2.24) is 5.43 Å². The first-order chi connectivity index (χ1) is 9.72. The quantitative estimate of drug-likeness (QED) is 0.382. The van der Waals surface area contributed by atoms with E-state index in [2.05, 4.69) is 37.5 Å². The van der Waals surface area contributed by atoms with Gasteiger partial charge in [-0.15, -0.1) is 0 Å². The van der Waals surface area contributed by atoms with Gasteiger partial charge in [0.15, 0.2) is 0 Å². The van der Waals surface area contributed by atoms with Gasteiger partial charge in [-0.2, -0.15) is 0 Å². The molecule has 1 aromatic carbocycles. The minimum absolute atomic E-state index is 0.218. The van der Waals surface area contributed by atoms with Gasteiger partial charge < -0.3 is 4.74 Å². The summed E-state index contributed by atoms with van der Waals surface area (Å²) in [4.78, 5) is 0. The molecular weight excluding hydrogens is 248 g/mol. The summed E-state index contributed by atoms with van der Waals surface area (Å²) in [5.41, 5.74) is 5.31. The molecule has 3 heteroatoms. The van der Waals surface area contributed by atoms with Crippen LogP contribution in [0, 0.1) is 6.92 Å². The summed E-state index contributed by atoms with van der Waals surface area (Å²) in [6.07, 6.45) is 8.94. The van der Waals surface area contributed by atoms with Gasteiger partial charge in [0, 0.05) is 6.04 Å². The summed E-state index contributed by atoms with van der Waals surface area (Å²) in [5.74, 6) is 6.64. The number of unbranched alkanes of at least 4 members (excludes halogenated alkanes) is 5. The summed E-state index contributed by atoms with van der Waals surface area (Å²) >= 11 is 0. The average molecular weight is 278 g/mol. The molecule has 1 aromatic rings. The molecule has 0 amide bonds. The highest BCUT2D eigenvalue weighted by Crippen LogP contribution is 2.26. The molecule has 0 bridgehead atoms. The largest absolute Gasteiger partial charge is 0.496 e. The van der Waals surface area contributed by atoms with E-state index in [0.717, 1.165) is 17.7 Å². The Labute approximate surface area is 123 Å². The Balaban J connectivity index is 2.45. The van der Waals surface area contributed by atoms with Gasteiger partial charge >= 0.3 is 0 Å². The highest BCUT2D eigenvalue weighted by molar-refractivity contribution is 5.37. The Morgan fingerprint density at radius 2 is 1.85 bits per heavy atom. The molecule has 0 aliphatic carbocycles. The zero-order chi connectivity index (χ0) is 14.8. The van der Waals surface area contributed by atoms with E-state index >= 15 is 0 Å². The van der Waals surface area contributed by atoms with Crippen molar-refractivity contribution in [3.63, 3.8) is 0 Å². The third kappa shape index (κ3) is 5.51. The lowest BCUT2D eigenvalue weighted by molar-refractivity contribution is 0.408. The third-order valence-electron chi connectivity index (χ3n) is 3.88. The topological polar surface area (TPSA) is 47.3 Å². The molecule has 0 aromatic heterocycles. The number of benzene rings is 1. The van der Waals surface area contributed by atoms with Crippen molar-refractivity contribution in [3.8, 4) is 5.75 Å². The maximum absolute atomic E-state index is 5.71. The second-order valence-electron chi connectivity index (χ2n) is 5.50. The number of hydrazine groups is 1. The predicted molar refractivity (Wildman–Crippen MR) is 85.8 cm³/mol. The molecule has 0 saturated heterocycles. The Kier molecular flexibility index (Phi) is 8.31. The monoisotopic (exact) mass is 278 g/mol. The number of hydrogen-bond acceptors (Lipinski definition) is 3. The molecule has 0 aliphatic heterocycles. The first kappa shape index (κ1) is 17.0. The van der Waals surface area contributed by atoms with Crippen LogP contribution < -0.4 is 16.0 Å². The summed E-state index contributed by atoms with van der Waals surface area (Å²) in [6, 6.07) is 6.55. The first-order valence-corrected chi connectivity index (χ1v) is 7.83.